The molecule has 0 radical (unpaired) electrons. The van der Waals surface area contributed by atoms with Gasteiger partial charge in [0.15, 0.2) is 0 Å². The number of hydrogen-bond donors (Lipinski definition) is 2. The first kappa shape index (κ1) is 29.2. The van der Waals surface area contributed by atoms with Gasteiger partial charge in [0.05, 0.1) is 34.7 Å². The number of fused-ring (bicyclic) bond motifs is 1. The van der Waals surface area contributed by atoms with Crippen LogP contribution in [0.25, 0.3) is 11.3 Å². The van der Waals surface area contributed by atoms with Crippen LogP contribution in [-0.2, 0) is 9.53 Å². The molecule has 2 N–H and O–H groups in total. The van der Waals surface area contributed by atoms with Crippen molar-refractivity contribution in [1.29, 1.82) is 0 Å². The molecule has 4 aromatic rings. The minimum absolute atomic E-state index is 0.135. The monoisotopic (exact) mass is 575 g/mol. The fourth-order valence-corrected chi connectivity index (χ4v) is 4.81. The van der Waals surface area contributed by atoms with Gasteiger partial charge in [0.1, 0.15) is 0 Å². The number of carbonyl (C=O) groups excluding carboxylic acids is 3. The predicted octanol–water partition coefficient (Wildman–Crippen LogP) is 5.40. The van der Waals surface area contributed by atoms with Crippen molar-refractivity contribution in [2.24, 2.45) is 0 Å². The summed E-state index contributed by atoms with van der Waals surface area (Å²) in [6.45, 7) is 3.19. The minimum Gasteiger partial charge on any atom is -0.462 e. The van der Waals surface area contributed by atoms with Crippen LogP contribution in [0.1, 0.15) is 38.8 Å². The van der Waals surface area contributed by atoms with Crippen LogP contribution in [0.5, 0.6) is 0 Å². The zero-order chi connectivity index (χ0) is 30.3. The molecule has 0 spiro atoms. The summed E-state index contributed by atoms with van der Waals surface area (Å²) in [4.78, 5) is 46.9. The molecule has 218 valence electrons. The molecule has 0 saturated carbocycles. The lowest BCUT2D eigenvalue weighted by molar-refractivity contribution is -0.110. The van der Waals surface area contributed by atoms with Crippen molar-refractivity contribution in [2.75, 3.05) is 49.3 Å². The van der Waals surface area contributed by atoms with E-state index in [1.807, 2.05) is 73.6 Å². The van der Waals surface area contributed by atoms with Crippen LogP contribution in [-0.4, -0.2) is 61.5 Å². The lowest BCUT2D eigenvalue weighted by atomic mass is 9.99. The molecule has 0 bridgehead atoms. The maximum absolute atomic E-state index is 13.4. The second-order valence-electron chi connectivity index (χ2n) is 10.2. The quantitative estimate of drug-likeness (QED) is 0.193. The van der Waals surface area contributed by atoms with Crippen molar-refractivity contribution in [3.05, 3.63) is 120 Å². The highest BCUT2D eigenvalue weighted by molar-refractivity contribution is 6.37. The number of rotatable bonds is 10. The minimum atomic E-state index is -0.444. The number of hydrogen-bond acceptors (Lipinski definition) is 7. The van der Waals surface area contributed by atoms with Gasteiger partial charge in [0.2, 0.25) is 0 Å². The van der Waals surface area contributed by atoms with Crippen LogP contribution in [0.2, 0.25) is 0 Å². The van der Waals surface area contributed by atoms with Gasteiger partial charge < -0.3 is 25.2 Å². The van der Waals surface area contributed by atoms with E-state index in [0.717, 1.165) is 16.9 Å². The van der Waals surface area contributed by atoms with Gasteiger partial charge in [-0.2, -0.15) is 0 Å². The number of benzene rings is 3. The second kappa shape index (κ2) is 13.1. The van der Waals surface area contributed by atoms with E-state index in [1.165, 1.54) is 0 Å². The number of pyridine rings is 1. The average molecular weight is 576 g/mol. The Hall–Kier alpha value is -5.28. The smallest absolute Gasteiger partial charge is 0.338 e. The molecule has 9 nitrogen and oxygen atoms in total. The van der Waals surface area contributed by atoms with Crippen LogP contribution < -0.4 is 15.5 Å². The number of nitrogens with one attached hydrogen (secondary N) is 2. The molecule has 0 saturated heterocycles. The molecule has 9 heteroatoms. The molecule has 1 aliphatic rings. The lowest BCUT2D eigenvalue weighted by Gasteiger charge is -2.25. The van der Waals surface area contributed by atoms with Crippen LogP contribution in [0.3, 0.4) is 0 Å². The highest BCUT2D eigenvalue weighted by Gasteiger charge is 2.29. The molecule has 0 atom stereocenters. The third-order valence-electron chi connectivity index (χ3n) is 6.96. The number of esters is 1. The Kier molecular flexibility index (Phi) is 8.93. The largest absolute Gasteiger partial charge is 0.462 e. The number of likely N-dealkylation sites (N-methyl/N-ethyl adjacent to an activating group) is 1. The van der Waals surface area contributed by atoms with E-state index >= 15 is 0 Å². The SMILES string of the molecule is CCOC(=O)c1ccc2c(c1)NC(=O)/C2=C(\Nc1ccc(N(CCN(C)C)C(=O)c2cccnc2)cc1)c1ccccc1. The van der Waals surface area contributed by atoms with Gasteiger partial charge in [-0.15, -0.1) is 0 Å². The van der Waals surface area contributed by atoms with E-state index < -0.39 is 5.97 Å². The summed E-state index contributed by atoms with van der Waals surface area (Å²) in [5.41, 5.74) is 5.47. The molecule has 5 rings (SSSR count). The molecule has 0 fully saturated rings. The molecule has 2 amide bonds. The summed E-state index contributed by atoms with van der Waals surface area (Å²) < 4.78 is 5.12. The van der Waals surface area contributed by atoms with E-state index in [0.29, 0.717) is 46.7 Å². The number of aromatic nitrogens is 1. The summed E-state index contributed by atoms with van der Waals surface area (Å²) in [5.74, 6) is -0.861. The highest BCUT2D eigenvalue weighted by Crippen LogP contribution is 2.38. The fraction of sp³-hybridized carbons (Fsp3) is 0.176. The van der Waals surface area contributed by atoms with Gasteiger partial charge in [-0.25, -0.2) is 4.79 Å². The first-order valence-electron chi connectivity index (χ1n) is 14.0. The van der Waals surface area contributed by atoms with Crippen LogP contribution in [0, 0.1) is 0 Å². The third kappa shape index (κ3) is 6.63. The highest BCUT2D eigenvalue weighted by atomic mass is 16.5. The molecule has 0 aliphatic carbocycles. The topological polar surface area (TPSA) is 104 Å². The molecule has 43 heavy (non-hydrogen) atoms. The van der Waals surface area contributed by atoms with Crippen molar-refractivity contribution < 1.29 is 19.1 Å². The molecule has 1 aromatic heterocycles. The Labute approximate surface area is 250 Å². The third-order valence-corrected chi connectivity index (χ3v) is 6.96. The molecule has 1 aliphatic heterocycles. The van der Waals surface area contributed by atoms with E-state index in [-0.39, 0.29) is 18.4 Å². The van der Waals surface area contributed by atoms with Gasteiger partial charge in [-0.3, -0.25) is 14.6 Å². The van der Waals surface area contributed by atoms with Gasteiger partial charge in [0.25, 0.3) is 11.8 Å². The fourth-order valence-electron chi connectivity index (χ4n) is 4.81. The van der Waals surface area contributed by atoms with Crippen molar-refractivity contribution in [3.8, 4) is 0 Å². The summed E-state index contributed by atoms with van der Waals surface area (Å²) in [5, 5.41) is 6.35. The molecule has 2 heterocycles. The number of ether oxygens (including phenoxy) is 1. The first-order chi connectivity index (χ1) is 20.9. The van der Waals surface area contributed by atoms with Crippen LogP contribution in [0.4, 0.5) is 17.1 Å². The number of anilines is 3. The van der Waals surface area contributed by atoms with Crippen LogP contribution >= 0.6 is 0 Å². The van der Waals surface area contributed by atoms with Crippen LogP contribution in [0.15, 0.2) is 97.3 Å². The summed E-state index contributed by atoms with van der Waals surface area (Å²) >= 11 is 0. The molecular weight excluding hydrogens is 542 g/mol. The maximum atomic E-state index is 13.4. The zero-order valence-corrected chi connectivity index (χ0v) is 24.3. The average Bonchev–Trinajstić information content (AvgIpc) is 3.36. The maximum Gasteiger partial charge on any atom is 0.338 e. The molecular formula is C34H33N5O4. The van der Waals surface area contributed by atoms with E-state index in [4.69, 9.17) is 4.74 Å². The Morgan fingerprint density at radius 1 is 0.884 bits per heavy atom. The van der Waals surface area contributed by atoms with Crippen molar-refractivity contribution in [1.82, 2.24) is 9.88 Å². The number of amides is 2. The van der Waals surface area contributed by atoms with Crippen molar-refractivity contribution >= 4 is 46.1 Å². The molecule has 3 aromatic carbocycles. The number of carbonyl (C=O) groups is 3. The van der Waals surface area contributed by atoms with E-state index in [2.05, 4.69) is 15.6 Å². The summed E-state index contributed by atoms with van der Waals surface area (Å²) in [6, 6.07) is 25.7. The van der Waals surface area contributed by atoms with E-state index in [9.17, 15) is 14.4 Å². The van der Waals surface area contributed by atoms with Crippen molar-refractivity contribution in [2.45, 2.75) is 6.92 Å². The van der Waals surface area contributed by atoms with Gasteiger partial charge in [-0.05, 0) is 75.1 Å². The Morgan fingerprint density at radius 3 is 2.30 bits per heavy atom. The predicted molar refractivity (Wildman–Crippen MR) is 169 cm³/mol. The first-order valence-corrected chi connectivity index (χ1v) is 14.0. The Bertz CT molecular complexity index is 1650. The molecule has 0 unspecified atom stereocenters. The standard InChI is InChI=1S/C34H33N5O4/c1-4-43-34(42)24-12-17-28-29(21-24)37-32(40)30(28)31(23-9-6-5-7-10-23)36-26-13-15-27(16-14-26)39(20-19-38(2)3)33(41)25-11-8-18-35-22-25/h5-18,21-22,36H,4,19-20H2,1-3H3,(H,37,40)/b31-30-. The van der Waals surface area contributed by atoms with Gasteiger partial charge in [0, 0.05) is 42.4 Å². The van der Waals surface area contributed by atoms with Gasteiger partial charge in [-0.1, -0.05) is 36.4 Å². The Morgan fingerprint density at radius 2 is 1.63 bits per heavy atom. The second-order valence-corrected chi connectivity index (χ2v) is 10.2. The van der Waals surface area contributed by atoms with E-state index in [1.54, 1.807) is 54.5 Å². The van der Waals surface area contributed by atoms with Gasteiger partial charge >= 0.3 is 5.97 Å². The zero-order valence-electron chi connectivity index (χ0n) is 24.3. The summed E-state index contributed by atoms with van der Waals surface area (Å²) in [6.07, 6.45) is 3.21. The number of nitrogens with zero attached hydrogens (tertiary/aromatic N) is 3. The normalized spacial score (nSPS) is 13.3. The summed E-state index contributed by atoms with van der Waals surface area (Å²) in [7, 11) is 3.93. The lowest BCUT2D eigenvalue weighted by Crippen LogP contribution is -2.36. The Balaban J connectivity index is 1.49. The van der Waals surface area contributed by atoms with Crippen molar-refractivity contribution in [3.63, 3.8) is 0 Å².